The van der Waals surface area contributed by atoms with Gasteiger partial charge in [0.15, 0.2) is 0 Å². The molecule has 17 heavy (non-hydrogen) atoms. The van der Waals surface area contributed by atoms with Gasteiger partial charge in [-0.25, -0.2) is 9.48 Å². The van der Waals surface area contributed by atoms with Crippen LogP contribution in [-0.2, 0) is 22.6 Å². The monoisotopic (exact) mass is 239 g/mol. The maximum atomic E-state index is 11.2. The first-order chi connectivity index (χ1) is 8.04. The third kappa shape index (κ3) is 2.56. The highest BCUT2D eigenvalue weighted by atomic mass is 16.4. The number of hydrogen-bond donors (Lipinski definition) is 3. The molecule has 90 valence electrons. The molecule has 1 saturated heterocycles. The number of nitrogens with one attached hydrogen (secondary N) is 2. The van der Waals surface area contributed by atoms with Crippen molar-refractivity contribution in [1.29, 1.82) is 0 Å². The molecule has 9 heteroatoms. The van der Waals surface area contributed by atoms with Gasteiger partial charge in [-0.3, -0.25) is 14.9 Å². The van der Waals surface area contributed by atoms with E-state index in [-0.39, 0.29) is 13.0 Å². The third-order valence-corrected chi connectivity index (χ3v) is 2.16. The number of urea groups is 1. The zero-order valence-electron chi connectivity index (χ0n) is 8.58. The number of rotatable bonds is 4. The second-order valence-corrected chi connectivity index (χ2v) is 3.52. The van der Waals surface area contributed by atoms with E-state index in [9.17, 15) is 14.4 Å². The summed E-state index contributed by atoms with van der Waals surface area (Å²) in [6.45, 7) is -0.295. The van der Waals surface area contributed by atoms with Crippen LogP contribution in [-0.4, -0.2) is 44.0 Å². The van der Waals surface area contributed by atoms with Crippen molar-refractivity contribution >= 4 is 17.9 Å². The second kappa shape index (κ2) is 4.20. The highest BCUT2D eigenvalue weighted by molar-refractivity contribution is 6.04. The van der Waals surface area contributed by atoms with E-state index in [1.807, 2.05) is 0 Å². The number of amides is 3. The van der Waals surface area contributed by atoms with Crippen LogP contribution in [0.1, 0.15) is 5.69 Å². The summed E-state index contributed by atoms with van der Waals surface area (Å²) >= 11 is 0. The maximum Gasteiger partial charge on any atom is 0.325 e. The lowest BCUT2D eigenvalue weighted by Crippen LogP contribution is -2.31. The molecule has 3 amide bonds. The van der Waals surface area contributed by atoms with E-state index in [2.05, 4.69) is 20.9 Å². The summed E-state index contributed by atoms with van der Waals surface area (Å²) in [5.74, 6) is -1.46. The van der Waals surface area contributed by atoms with Gasteiger partial charge in [0.05, 0.1) is 5.69 Å². The summed E-state index contributed by atoms with van der Waals surface area (Å²) in [7, 11) is 0. The molecule has 0 unspecified atom stereocenters. The lowest BCUT2D eigenvalue weighted by molar-refractivity contribution is -0.138. The van der Waals surface area contributed by atoms with Crippen LogP contribution in [0.5, 0.6) is 0 Å². The molecule has 0 aromatic carbocycles. The fraction of sp³-hybridized carbons (Fsp3) is 0.375. The van der Waals surface area contributed by atoms with Gasteiger partial charge in [-0.15, -0.1) is 5.10 Å². The SMILES string of the molecule is O=C(O)Cn1cc(C[C@@H]2NC(=O)NC2=O)nn1. The minimum atomic E-state index is -1.03. The molecule has 1 aromatic rings. The van der Waals surface area contributed by atoms with E-state index >= 15 is 0 Å². The Hall–Kier alpha value is -2.45. The lowest BCUT2D eigenvalue weighted by atomic mass is 10.2. The van der Waals surface area contributed by atoms with Crippen molar-refractivity contribution in [2.45, 2.75) is 19.0 Å². The Morgan fingerprint density at radius 1 is 1.53 bits per heavy atom. The molecule has 0 spiro atoms. The molecule has 1 atom stereocenters. The zero-order chi connectivity index (χ0) is 12.4. The van der Waals surface area contributed by atoms with Crippen LogP contribution >= 0.6 is 0 Å². The van der Waals surface area contributed by atoms with Crippen LogP contribution in [0, 0.1) is 0 Å². The van der Waals surface area contributed by atoms with Crippen molar-refractivity contribution in [3.05, 3.63) is 11.9 Å². The fourth-order valence-electron chi connectivity index (χ4n) is 1.46. The smallest absolute Gasteiger partial charge is 0.325 e. The molecule has 2 heterocycles. The number of aliphatic carboxylic acids is 1. The van der Waals surface area contributed by atoms with E-state index < -0.39 is 23.9 Å². The van der Waals surface area contributed by atoms with Gasteiger partial charge < -0.3 is 10.4 Å². The van der Waals surface area contributed by atoms with Gasteiger partial charge in [0.2, 0.25) is 0 Å². The molecule has 1 aromatic heterocycles. The number of aromatic nitrogens is 3. The Morgan fingerprint density at radius 2 is 2.29 bits per heavy atom. The number of carboxylic acids is 1. The predicted octanol–water partition coefficient (Wildman–Crippen LogP) is -1.89. The quantitative estimate of drug-likeness (QED) is 0.527. The topological polar surface area (TPSA) is 126 Å². The van der Waals surface area contributed by atoms with Crippen LogP contribution in [0.25, 0.3) is 0 Å². The first-order valence-corrected chi connectivity index (χ1v) is 4.77. The van der Waals surface area contributed by atoms with Crippen LogP contribution in [0.3, 0.4) is 0 Å². The minimum absolute atomic E-state index is 0.178. The number of carbonyl (C=O) groups is 3. The van der Waals surface area contributed by atoms with Crippen molar-refractivity contribution in [3.8, 4) is 0 Å². The molecule has 9 nitrogen and oxygen atoms in total. The van der Waals surface area contributed by atoms with Crippen molar-refractivity contribution in [1.82, 2.24) is 25.6 Å². The molecule has 0 aliphatic carbocycles. The van der Waals surface area contributed by atoms with Gasteiger partial charge in [0.25, 0.3) is 5.91 Å². The first-order valence-electron chi connectivity index (χ1n) is 4.77. The molecule has 1 aliphatic heterocycles. The van der Waals surface area contributed by atoms with Gasteiger partial charge in [0, 0.05) is 12.6 Å². The normalized spacial score (nSPS) is 18.9. The van der Waals surface area contributed by atoms with Crippen LogP contribution in [0.2, 0.25) is 0 Å². The van der Waals surface area contributed by atoms with E-state index in [4.69, 9.17) is 5.11 Å². The van der Waals surface area contributed by atoms with Crippen molar-refractivity contribution in [3.63, 3.8) is 0 Å². The first kappa shape index (κ1) is 11.0. The van der Waals surface area contributed by atoms with E-state index in [0.717, 1.165) is 4.68 Å². The second-order valence-electron chi connectivity index (χ2n) is 3.52. The molecule has 0 saturated carbocycles. The Labute approximate surface area is 94.8 Å². The summed E-state index contributed by atoms with van der Waals surface area (Å²) in [5.41, 5.74) is 0.439. The number of carboxylic acid groups (broad SMARTS) is 1. The molecule has 0 radical (unpaired) electrons. The van der Waals surface area contributed by atoms with Gasteiger partial charge in [-0.1, -0.05) is 5.21 Å². The predicted molar refractivity (Wildman–Crippen MR) is 51.8 cm³/mol. The largest absolute Gasteiger partial charge is 0.480 e. The summed E-state index contributed by atoms with van der Waals surface area (Å²) in [6, 6.07) is -1.23. The Morgan fingerprint density at radius 3 is 2.88 bits per heavy atom. The highest BCUT2D eigenvalue weighted by Crippen LogP contribution is 2.02. The number of imide groups is 1. The van der Waals surface area contributed by atoms with Crippen LogP contribution < -0.4 is 10.6 Å². The Bertz CT molecular complexity index is 482. The summed E-state index contributed by atoms with van der Waals surface area (Å²) < 4.78 is 1.15. The Balaban J connectivity index is 1.99. The van der Waals surface area contributed by atoms with E-state index in [1.165, 1.54) is 6.20 Å². The lowest BCUT2D eigenvalue weighted by Gasteiger charge is -2.02. The van der Waals surface area contributed by atoms with Crippen molar-refractivity contribution in [2.75, 3.05) is 0 Å². The third-order valence-electron chi connectivity index (χ3n) is 2.16. The standard InChI is InChI=1S/C8H9N5O4/c14-6(15)3-13-2-4(11-12-13)1-5-7(16)10-8(17)9-5/h2,5H,1,3H2,(H,14,15)(H2,9,10,16,17)/t5-/m0/s1. The van der Waals surface area contributed by atoms with E-state index in [1.54, 1.807) is 0 Å². The van der Waals surface area contributed by atoms with Gasteiger partial charge in [-0.2, -0.15) is 0 Å². The van der Waals surface area contributed by atoms with Crippen LogP contribution in [0.15, 0.2) is 6.20 Å². The molecule has 3 N–H and O–H groups in total. The highest BCUT2D eigenvalue weighted by Gasteiger charge is 2.30. The Kier molecular flexibility index (Phi) is 2.73. The minimum Gasteiger partial charge on any atom is -0.480 e. The van der Waals surface area contributed by atoms with Gasteiger partial charge in [0.1, 0.15) is 12.6 Å². The maximum absolute atomic E-state index is 11.2. The van der Waals surface area contributed by atoms with Crippen LogP contribution in [0.4, 0.5) is 4.79 Å². The number of nitrogens with zero attached hydrogens (tertiary/aromatic N) is 3. The molecular formula is C8H9N5O4. The molecule has 1 aliphatic rings. The van der Waals surface area contributed by atoms with Crippen molar-refractivity contribution < 1.29 is 19.5 Å². The number of hydrogen-bond acceptors (Lipinski definition) is 5. The summed E-state index contributed by atoms with van der Waals surface area (Å²) in [4.78, 5) is 32.5. The zero-order valence-corrected chi connectivity index (χ0v) is 8.58. The molecule has 0 bridgehead atoms. The van der Waals surface area contributed by atoms with E-state index in [0.29, 0.717) is 5.69 Å². The summed E-state index contributed by atoms with van der Waals surface area (Å²) in [5, 5.41) is 20.3. The average Bonchev–Trinajstić information content (AvgIpc) is 2.74. The van der Waals surface area contributed by atoms with Crippen molar-refractivity contribution in [2.24, 2.45) is 0 Å². The number of carbonyl (C=O) groups excluding carboxylic acids is 2. The molecular weight excluding hydrogens is 230 g/mol. The molecule has 1 fully saturated rings. The average molecular weight is 239 g/mol. The fourth-order valence-corrected chi connectivity index (χ4v) is 1.46. The summed E-state index contributed by atoms with van der Waals surface area (Å²) in [6.07, 6.45) is 1.60. The molecule has 2 rings (SSSR count). The van der Waals surface area contributed by atoms with Gasteiger partial charge >= 0.3 is 12.0 Å². The van der Waals surface area contributed by atoms with Gasteiger partial charge in [-0.05, 0) is 0 Å².